The van der Waals surface area contributed by atoms with E-state index in [0.717, 1.165) is 50.7 Å². The zero-order valence-electron chi connectivity index (χ0n) is 16.4. The fraction of sp³-hybridized carbons (Fsp3) is 0.524. The molecule has 1 amide bonds. The highest BCUT2D eigenvalue weighted by atomic mass is 16.1. The largest absolute Gasteiger partial charge is 0.357 e. The second kappa shape index (κ2) is 9.55. The molecule has 0 aromatic heterocycles. The summed E-state index contributed by atoms with van der Waals surface area (Å²) in [6.45, 7) is 7.95. The molecule has 1 saturated heterocycles. The minimum Gasteiger partial charge on any atom is -0.357 e. The lowest BCUT2D eigenvalue weighted by atomic mass is 10.1. The molecule has 0 bridgehead atoms. The van der Waals surface area contributed by atoms with Gasteiger partial charge in [-0.25, -0.2) is 0 Å². The molecule has 2 aliphatic rings. The summed E-state index contributed by atoms with van der Waals surface area (Å²) in [5.74, 6) is 0.961. The molecule has 146 valence electrons. The molecule has 3 rings (SSSR count). The van der Waals surface area contributed by atoms with Crippen molar-refractivity contribution in [1.82, 2.24) is 20.4 Å². The average molecular weight is 370 g/mol. The van der Waals surface area contributed by atoms with Crippen LogP contribution in [0.4, 0.5) is 0 Å². The van der Waals surface area contributed by atoms with Gasteiger partial charge in [-0.1, -0.05) is 24.3 Å². The van der Waals surface area contributed by atoms with Gasteiger partial charge in [0.1, 0.15) is 0 Å². The maximum absolute atomic E-state index is 11.8. The van der Waals surface area contributed by atoms with Gasteiger partial charge >= 0.3 is 0 Å². The highest BCUT2D eigenvalue weighted by Gasteiger charge is 2.29. The highest BCUT2D eigenvalue weighted by Crippen LogP contribution is 2.18. The predicted molar refractivity (Wildman–Crippen MR) is 110 cm³/mol. The second-order valence-electron chi connectivity index (χ2n) is 7.08. The summed E-state index contributed by atoms with van der Waals surface area (Å²) in [5.41, 5.74) is 1.84. The first-order valence-corrected chi connectivity index (χ1v) is 9.94. The zero-order chi connectivity index (χ0) is 19.1. The minimum absolute atomic E-state index is 0.0480. The molecule has 1 aromatic rings. The number of amides is 1. The molecule has 6 heteroatoms. The van der Waals surface area contributed by atoms with Gasteiger partial charge in [0, 0.05) is 57.9 Å². The first-order chi connectivity index (χ1) is 13.2. The van der Waals surface area contributed by atoms with Gasteiger partial charge in [0.25, 0.3) is 5.91 Å². The Hall–Kier alpha value is -2.34. The molecule has 2 aliphatic heterocycles. The third-order valence-electron chi connectivity index (χ3n) is 5.24. The third-order valence-corrected chi connectivity index (χ3v) is 5.24. The van der Waals surface area contributed by atoms with Gasteiger partial charge in [-0.2, -0.15) is 0 Å². The molecular formula is C21H31N5O. The number of guanidine groups is 1. The monoisotopic (exact) mass is 369 g/mol. The van der Waals surface area contributed by atoms with E-state index < -0.39 is 0 Å². The lowest BCUT2D eigenvalue weighted by Gasteiger charge is -2.25. The number of nitrogens with one attached hydrogen (secondary N) is 2. The van der Waals surface area contributed by atoms with Crippen LogP contribution in [-0.4, -0.2) is 74.0 Å². The Kier molecular flexibility index (Phi) is 6.87. The topological polar surface area (TPSA) is 60.0 Å². The summed E-state index contributed by atoms with van der Waals surface area (Å²) in [7, 11) is 1.66. The van der Waals surface area contributed by atoms with Crippen molar-refractivity contribution in [2.75, 3.05) is 46.3 Å². The van der Waals surface area contributed by atoms with Crippen LogP contribution < -0.4 is 10.6 Å². The number of hydrogen-bond donors (Lipinski definition) is 2. The van der Waals surface area contributed by atoms with Gasteiger partial charge in [-0.05, 0) is 37.5 Å². The molecule has 0 spiro atoms. The van der Waals surface area contributed by atoms with Crippen LogP contribution in [0, 0.1) is 0 Å². The van der Waals surface area contributed by atoms with Gasteiger partial charge < -0.3 is 15.5 Å². The van der Waals surface area contributed by atoms with Crippen molar-refractivity contribution in [3.63, 3.8) is 0 Å². The van der Waals surface area contributed by atoms with Gasteiger partial charge in [0.2, 0.25) is 0 Å². The smallest absolute Gasteiger partial charge is 0.251 e. The normalized spacial score (nSPS) is 20.3. The highest BCUT2D eigenvalue weighted by molar-refractivity contribution is 5.94. The summed E-state index contributed by atoms with van der Waals surface area (Å²) in [6.07, 6.45) is 6.54. The van der Waals surface area contributed by atoms with Crippen LogP contribution in [-0.2, 0) is 6.42 Å². The predicted octanol–water partition coefficient (Wildman–Crippen LogP) is 1.50. The Morgan fingerprint density at radius 1 is 1.30 bits per heavy atom. The summed E-state index contributed by atoms with van der Waals surface area (Å²) in [5, 5.41) is 6.11. The Labute approximate surface area is 162 Å². The number of nitrogens with zero attached hydrogens (tertiary/aromatic N) is 3. The summed E-state index contributed by atoms with van der Waals surface area (Å²) >= 11 is 0. The minimum atomic E-state index is -0.0480. The number of benzene rings is 1. The molecule has 2 heterocycles. The molecule has 0 radical (unpaired) electrons. The number of carbonyl (C=O) groups is 1. The molecule has 1 unspecified atom stereocenters. The first kappa shape index (κ1) is 19.4. The Balaban J connectivity index is 1.57. The molecule has 6 nitrogen and oxygen atoms in total. The SMILES string of the molecule is CCNC(=NCCc1cccc(C(=O)NC)c1)N1CCC(N2CC=CC2)C1. The van der Waals surface area contributed by atoms with E-state index in [1.807, 2.05) is 18.2 Å². The van der Waals surface area contributed by atoms with Gasteiger partial charge in [-0.3, -0.25) is 14.7 Å². The Bertz CT molecular complexity index is 692. The van der Waals surface area contributed by atoms with Crippen molar-refractivity contribution in [3.05, 3.63) is 47.5 Å². The molecule has 0 aliphatic carbocycles. The third kappa shape index (κ3) is 5.10. The average Bonchev–Trinajstić information content (AvgIpc) is 3.38. The van der Waals surface area contributed by atoms with Crippen LogP contribution in [0.2, 0.25) is 0 Å². The van der Waals surface area contributed by atoms with E-state index in [-0.39, 0.29) is 5.91 Å². The van der Waals surface area contributed by atoms with E-state index in [9.17, 15) is 4.79 Å². The van der Waals surface area contributed by atoms with E-state index in [0.29, 0.717) is 18.2 Å². The molecular weight excluding hydrogens is 338 g/mol. The number of aliphatic imine (C=N–C) groups is 1. The van der Waals surface area contributed by atoms with Crippen LogP contribution in [0.25, 0.3) is 0 Å². The number of carbonyl (C=O) groups excluding carboxylic acids is 1. The van der Waals surface area contributed by atoms with Crippen molar-refractivity contribution < 1.29 is 4.79 Å². The van der Waals surface area contributed by atoms with Crippen LogP contribution in [0.3, 0.4) is 0 Å². The van der Waals surface area contributed by atoms with Gasteiger partial charge in [0.05, 0.1) is 0 Å². The Morgan fingerprint density at radius 2 is 2.11 bits per heavy atom. The maximum Gasteiger partial charge on any atom is 0.251 e. The van der Waals surface area contributed by atoms with Crippen molar-refractivity contribution in [3.8, 4) is 0 Å². The number of hydrogen-bond acceptors (Lipinski definition) is 3. The fourth-order valence-corrected chi connectivity index (χ4v) is 3.75. The molecule has 2 N–H and O–H groups in total. The van der Waals surface area contributed by atoms with Crippen molar-refractivity contribution in [2.45, 2.75) is 25.8 Å². The fourth-order valence-electron chi connectivity index (χ4n) is 3.75. The Morgan fingerprint density at radius 3 is 2.85 bits per heavy atom. The van der Waals surface area contributed by atoms with E-state index in [1.54, 1.807) is 7.05 Å². The van der Waals surface area contributed by atoms with Crippen LogP contribution in [0.15, 0.2) is 41.4 Å². The van der Waals surface area contributed by atoms with E-state index in [4.69, 9.17) is 4.99 Å². The van der Waals surface area contributed by atoms with E-state index >= 15 is 0 Å². The van der Waals surface area contributed by atoms with E-state index in [2.05, 4.69) is 45.6 Å². The lowest BCUT2D eigenvalue weighted by Crippen LogP contribution is -2.43. The molecule has 1 aromatic carbocycles. The van der Waals surface area contributed by atoms with Crippen molar-refractivity contribution in [2.24, 2.45) is 4.99 Å². The molecule has 0 saturated carbocycles. The summed E-state index contributed by atoms with van der Waals surface area (Å²) in [6, 6.07) is 8.40. The second-order valence-corrected chi connectivity index (χ2v) is 7.08. The van der Waals surface area contributed by atoms with Crippen molar-refractivity contribution in [1.29, 1.82) is 0 Å². The zero-order valence-corrected chi connectivity index (χ0v) is 16.4. The maximum atomic E-state index is 11.8. The van der Waals surface area contributed by atoms with Crippen LogP contribution in [0.5, 0.6) is 0 Å². The quantitative estimate of drug-likeness (QED) is 0.453. The standard InChI is InChI=1S/C21H31N5O/c1-3-23-21(26-14-10-19(16-26)25-12-4-5-13-25)24-11-9-17-7-6-8-18(15-17)20(27)22-2/h4-8,15,19H,3,9-14,16H2,1-2H3,(H,22,27)(H,23,24). The van der Waals surface area contributed by atoms with Crippen LogP contribution in [0.1, 0.15) is 29.3 Å². The van der Waals surface area contributed by atoms with E-state index in [1.165, 1.54) is 6.42 Å². The first-order valence-electron chi connectivity index (χ1n) is 9.94. The molecule has 27 heavy (non-hydrogen) atoms. The van der Waals surface area contributed by atoms with Crippen molar-refractivity contribution >= 4 is 11.9 Å². The van der Waals surface area contributed by atoms with Crippen LogP contribution >= 0.6 is 0 Å². The van der Waals surface area contributed by atoms with Gasteiger partial charge in [-0.15, -0.1) is 0 Å². The molecule has 1 fully saturated rings. The number of rotatable bonds is 6. The molecule has 1 atom stereocenters. The van der Waals surface area contributed by atoms with Gasteiger partial charge in [0.15, 0.2) is 5.96 Å². The number of likely N-dealkylation sites (tertiary alicyclic amines) is 1. The summed E-state index contributed by atoms with van der Waals surface area (Å²) < 4.78 is 0. The summed E-state index contributed by atoms with van der Waals surface area (Å²) in [4.78, 5) is 21.5. The lowest BCUT2D eigenvalue weighted by molar-refractivity contribution is 0.0963.